The van der Waals surface area contributed by atoms with Crippen molar-refractivity contribution >= 4 is 34.3 Å². The number of anilines is 1. The second-order valence-corrected chi connectivity index (χ2v) is 8.62. The number of ether oxygens (including phenoxy) is 1. The Morgan fingerprint density at radius 1 is 1.03 bits per heavy atom. The van der Waals surface area contributed by atoms with Crippen LogP contribution in [0.15, 0.2) is 76.7 Å². The van der Waals surface area contributed by atoms with Gasteiger partial charge in [0.25, 0.3) is 5.56 Å². The molecule has 10 heteroatoms. The number of benzene rings is 3. The van der Waals surface area contributed by atoms with Crippen molar-refractivity contribution < 1.29 is 22.7 Å². The smallest absolute Gasteiger partial charge is 0.406 e. The van der Waals surface area contributed by atoms with Gasteiger partial charge in [-0.25, -0.2) is 4.98 Å². The minimum atomic E-state index is -4.79. The van der Waals surface area contributed by atoms with Gasteiger partial charge in [0.15, 0.2) is 5.16 Å². The molecule has 180 valence electrons. The Balaban J connectivity index is 1.59. The molecule has 6 nitrogen and oxygen atoms in total. The fourth-order valence-corrected chi connectivity index (χ4v) is 4.27. The number of nitrogens with one attached hydrogen (secondary N) is 1. The molecule has 3 aromatic carbocycles. The lowest BCUT2D eigenvalue weighted by molar-refractivity contribution is -0.274. The number of para-hydroxylation sites is 1. The van der Waals surface area contributed by atoms with Gasteiger partial charge in [0.2, 0.25) is 5.91 Å². The maximum atomic E-state index is 13.4. The summed E-state index contributed by atoms with van der Waals surface area (Å²) in [5.74, 6) is -0.867. The number of carbonyl (C=O) groups is 1. The molecule has 1 aromatic heterocycles. The molecule has 1 amide bonds. The van der Waals surface area contributed by atoms with E-state index < -0.39 is 12.3 Å². The molecule has 0 saturated heterocycles. The van der Waals surface area contributed by atoms with Crippen LogP contribution in [0.1, 0.15) is 11.1 Å². The van der Waals surface area contributed by atoms with Gasteiger partial charge in [-0.2, -0.15) is 0 Å². The highest BCUT2D eigenvalue weighted by molar-refractivity contribution is 7.99. The van der Waals surface area contributed by atoms with Crippen molar-refractivity contribution in [2.45, 2.75) is 25.4 Å². The van der Waals surface area contributed by atoms with Crippen molar-refractivity contribution in [3.8, 4) is 11.4 Å². The summed E-state index contributed by atoms with van der Waals surface area (Å²) in [4.78, 5) is 30.6. The van der Waals surface area contributed by atoms with Crippen LogP contribution in [0.3, 0.4) is 0 Å². The van der Waals surface area contributed by atoms with Crippen LogP contribution < -0.4 is 15.6 Å². The van der Waals surface area contributed by atoms with E-state index in [1.807, 2.05) is 32.0 Å². The number of fused-ring (bicyclic) bond motifs is 1. The number of nitrogens with zero attached hydrogens (tertiary/aromatic N) is 2. The van der Waals surface area contributed by atoms with Crippen LogP contribution in [0.5, 0.6) is 5.75 Å². The lowest BCUT2D eigenvalue weighted by Crippen LogP contribution is -2.23. The molecule has 1 heterocycles. The zero-order valence-corrected chi connectivity index (χ0v) is 19.5. The number of aryl methyl sites for hydroxylation is 1. The van der Waals surface area contributed by atoms with Gasteiger partial charge >= 0.3 is 6.36 Å². The van der Waals surface area contributed by atoms with Crippen molar-refractivity contribution in [2.24, 2.45) is 0 Å². The topological polar surface area (TPSA) is 73.2 Å². The van der Waals surface area contributed by atoms with Gasteiger partial charge in [-0.05, 0) is 67.4 Å². The molecule has 0 spiro atoms. The van der Waals surface area contributed by atoms with Gasteiger partial charge in [0.05, 0.1) is 22.3 Å². The van der Waals surface area contributed by atoms with Crippen molar-refractivity contribution in [1.29, 1.82) is 0 Å². The number of amides is 1. The highest BCUT2D eigenvalue weighted by Gasteiger charge is 2.31. The van der Waals surface area contributed by atoms with Gasteiger partial charge in [0, 0.05) is 5.69 Å². The summed E-state index contributed by atoms with van der Waals surface area (Å²) in [6.07, 6.45) is -4.79. The predicted octanol–water partition coefficient (Wildman–Crippen LogP) is 5.63. The Bertz CT molecular complexity index is 1450. The van der Waals surface area contributed by atoms with E-state index in [1.165, 1.54) is 16.7 Å². The first-order valence-electron chi connectivity index (χ1n) is 10.5. The van der Waals surface area contributed by atoms with Crippen molar-refractivity contribution in [3.05, 3.63) is 88.2 Å². The Morgan fingerprint density at radius 3 is 2.46 bits per heavy atom. The summed E-state index contributed by atoms with van der Waals surface area (Å²) in [5, 5.41) is 3.44. The molecule has 0 unspecified atom stereocenters. The minimum Gasteiger partial charge on any atom is -0.406 e. The van der Waals surface area contributed by atoms with Crippen LogP contribution in [0.25, 0.3) is 16.6 Å². The van der Waals surface area contributed by atoms with Gasteiger partial charge in [-0.1, -0.05) is 36.0 Å². The van der Waals surface area contributed by atoms with Crippen LogP contribution in [-0.4, -0.2) is 27.6 Å². The molecule has 0 saturated carbocycles. The molecule has 0 fully saturated rings. The summed E-state index contributed by atoms with van der Waals surface area (Å²) in [6, 6.07) is 17.5. The van der Waals surface area contributed by atoms with Crippen molar-refractivity contribution in [2.75, 3.05) is 11.1 Å². The molecule has 4 rings (SSSR count). The molecular formula is C25H20F3N3O3S. The van der Waals surface area contributed by atoms with E-state index >= 15 is 0 Å². The second-order valence-electron chi connectivity index (χ2n) is 7.68. The summed E-state index contributed by atoms with van der Waals surface area (Å²) >= 11 is 1.09. The molecule has 0 aliphatic carbocycles. The van der Waals surface area contributed by atoms with E-state index in [1.54, 1.807) is 24.3 Å². The minimum absolute atomic E-state index is 0.0730. The van der Waals surface area contributed by atoms with E-state index in [0.717, 1.165) is 35.0 Å². The normalized spacial score (nSPS) is 11.5. The second kappa shape index (κ2) is 9.83. The Kier molecular flexibility index (Phi) is 6.83. The summed E-state index contributed by atoms with van der Waals surface area (Å²) in [7, 11) is 0. The number of carbonyl (C=O) groups excluding carboxylic acids is 1. The van der Waals surface area contributed by atoms with Crippen LogP contribution in [0.2, 0.25) is 0 Å². The molecule has 0 atom stereocenters. The van der Waals surface area contributed by atoms with Gasteiger partial charge < -0.3 is 10.1 Å². The highest BCUT2D eigenvalue weighted by atomic mass is 32.2. The molecule has 1 N–H and O–H groups in total. The number of hydrogen-bond donors (Lipinski definition) is 1. The fraction of sp³-hybridized carbons (Fsp3) is 0.160. The van der Waals surface area contributed by atoms with E-state index in [2.05, 4.69) is 15.0 Å². The Morgan fingerprint density at radius 2 is 1.74 bits per heavy atom. The SMILES string of the molecule is Cc1cccc(-n2c(SCC(=O)Nc3ccc(OC(F)(F)F)cc3)nc3ccccc3c2=O)c1C. The highest BCUT2D eigenvalue weighted by Crippen LogP contribution is 2.26. The third kappa shape index (κ3) is 5.65. The molecule has 0 bridgehead atoms. The molecule has 35 heavy (non-hydrogen) atoms. The zero-order chi connectivity index (χ0) is 25.2. The summed E-state index contributed by atoms with van der Waals surface area (Å²) in [6.45, 7) is 3.86. The number of rotatable bonds is 6. The predicted molar refractivity (Wildman–Crippen MR) is 129 cm³/mol. The molecular weight excluding hydrogens is 479 g/mol. The molecule has 0 radical (unpaired) electrons. The molecule has 0 aliphatic rings. The maximum absolute atomic E-state index is 13.4. The van der Waals surface area contributed by atoms with E-state index in [0.29, 0.717) is 27.4 Å². The average Bonchev–Trinajstić information content (AvgIpc) is 2.80. The quantitative estimate of drug-likeness (QED) is 0.275. The number of hydrogen-bond acceptors (Lipinski definition) is 5. The first kappa shape index (κ1) is 24.3. The number of aromatic nitrogens is 2. The lowest BCUT2D eigenvalue weighted by Gasteiger charge is -2.16. The van der Waals surface area contributed by atoms with Crippen molar-refractivity contribution in [3.63, 3.8) is 0 Å². The van der Waals surface area contributed by atoms with Gasteiger partial charge in [-0.3, -0.25) is 14.2 Å². The third-order valence-electron chi connectivity index (χ3n) is 5.27. The van der Waals surface area contributed by atoms with Crippen LogP contribution >= 0.6 is 11.8 Å². The monoisotopic (exact) mass is 499 g/mol. The Hall–Kier alpha value is -3.79. The third-order valence-corrected chi connectivity index (χ3v) is 6.20. The van der Waals surface area contributed by atoms with Gasteiger partial charge in [0.1, 0.15) is 5.75 Å². The standard InChI is InChI=1S/C25H20F3N3O3S/c1-15-6-5-9-21(16(15)2)31-23(33)19-7-3-4-8-20(19)30-24(31)35-14-22(32)29-17-10-12-18(13-11-17)34-25(26,27)28/h3-13H,14H2,1-2H3,(H,29,32). The largest absolute Gasteiger partial charge is 0.573 e. The summed E-state index contributed by atoms with van der Waals surface area (Å²) in [5.41, 5.74) is 3.18. The maximum Gasteiger partial charge on any atom is 0.573 e. The zero-order valence-electron chi connectivity index (χ0n) is 18.7. The van der Waals surface area contributed by atoms with Crippen LogP contribution in [0.4, 0.5) is 18.9 Å². The first-order chi connectivity index (χ1) is 16.6. The number of thioether (sulfide) groups is 1. The Labute approximate surface area is 202 Å². The molecule has 4 aromatic rings. The first-order valence-corrected chi connectivity index (χ1v) is 11.5. The summed E-state index contributed by atoms with van der Waals surface area (Å²) < 4.78 is 42.3. The fourth-order valence-electron chi connectivity index (χ4n) is 3.47. The molecule has 0 aliphatic heterocycles. The van der Waals surface area contributed by atoms with Crippen LogP contribution in [0, 0.1) is 13.8 Å². The van der Waals surface area contributed by atoms with Crippen molar-refractivity contribution in [1.82, 2.24) is 9.55 Å². The average molecular weight is 500 g/mol. The van der Waals surface area contributed by atoms with E-state index in [-0.39, 0.29) is 17.1 Å². The number of halogens is 3. The van der Waals surface area contributed by atoms with E-state index in [9.17, 15) is 22.8 Å². The van der Waals surface area contributed by atoms with E-state index in [4.69, 9.17) is 0 Å². The van der Waals surface area contributed by atoms with Gasteiger partial charge in [-0.15, -0.1) is 13.2 Å². The number of alkyl halides is 3. The lowest BCUT2D eigenvalue weighted by atomic mass is 10.1. The van der Waals surface area contributed by atoms with Crippen LogP contribution in [-0.2, 0) is 4.79 Å².